The number of aliphatic hydroxyl groups is 1. The maximum atomic E-state index is 11.2. The van der Waals surface area contributed by atoms with E-state index < -0.39 is 12.2 Å². The second kappa shape index (κ2) is 16.5. The fourth-order valence-electron chi connectivity index (χ4n) is 4.38. The fourth-order valence-corrected chi connectivity index (χ4v) is 4.38. The van der Waals surface area contributed by atoms with E-state index in [9.17, 15) is 15.0 Å². The summed E-state index contributed by atoms with van der Waals surface area (Å²) < 4.78 is -0.0475. The molecular weight excluding hydrogens is 376 g/mol. The molecule has 0 aromatic carbocycles. The molecule has 2 atom stereocenters. The number of quaternary nitrogens is 1. The zero-order valence-corrected chi connectivity index (χ0v) is 19.7. The fraction of sp³-hybridized carbons (Fsp3) is 0.840. The minimum absolute atomic E-state index is 0.0475. The molecule has 0 fully saturated rings. The predicted molar refractivity (Wildman–Crippen MR) is 125 cm³/mol. The van der Waals surface area contributed by atoms with E-state index >= 15 is 0 Å². The standard InChI is InChI=1S/C25H46N2O3/c1-3-4-5-6-7-8-9-10-11-12-13-14-15-16-17-18-19-24-26-20-21-27(24,23(2)28)22-25(29)30/h20-21,23,28H,3-19,22H2,1-2H3/p+1. The van der Waals surface area contributed by atoms with Crippen LogP contribution in [0.1, 0.15) is 123 Å². The molecule has 0 saturated carbocycles. The second-order valence-corrected chi connectivity index (χ2v) is 9.01. The molecule has 5 heteroatoms. The van der Waals surface area contributed by atoms with Crippen molar-refractivity contribution < 1.29 is 19.5 Å². The predicted octanol–water partition coefficient (Wildman–Crippen LogP) is 6.76. The van der Waals surface area contributed by atoms with E-state index in [1.807, 2.05) is 0 Å². The van der Waals surface area contributed by atoms with Gasteiger partial charge in [-0.25, -0.2) is 14.3 Å². The highest BCUT2D eigenvalue weighted by Gasteiger charge is 2.41. The van der Waals surface area contributed by atoms with Crippen LogP contribution in [0.3, 0.4) is 0 Å². The molecule has 2 unspecified atom stereocenters. The number of aliphatic hydroxyl groups excluding tert-OH is 1. The molecule has 0 spiro atoms. The van der Waals surface area contributed by atoms with Gasteiger partial charge in [-0.2, -0.15) is 0 Å². The number of rotatable bonds is 20. The normalized spacial score (nSPS) is 19.2. The van der Waals surface area contributed by atoms with Crippen molar-refractivity contribution in [3.63, 3.8) is 0 Å². The van der Waals surface area contributed by atoms with Gasteiger partial charge in [-0.3, -0.25) is 0 Å². The minimum atomic E-state index is -0.915. The highest BCUT2D eigenvalue weighted by atomic mass is 16.4. The summed E-state index contributed by atoms with van der Waals surface area (Å²) in [6.45, 7) is 3.77. The first-order valence-corrected chi connectivity index (χ1v) is 12.5. The van der Waals surface area contributed by atoms with Crippen molar-refractivity contribution in [2.45, 2.75) is 129 Å². The minimum Gasteiger partial charge on any atom is -0.477 e. The van der Waals surface area contributed by atoms with Gasteiger partial charge in [0, 0.05) is 13.3 Å². The molecule has 0 aromatic rings. The summed E-state index contributed by atoms with van der Waals surface area (Å²) in [4.78, 5) is 15.6. The molecule has 0 bridgehead atoms. The van der Waals surface area contributed by atoms with Crippen LogP contribution in [0.25, 0.3) is 0 Å². The van der Waals surface area contributed by atoms with E-state index in [4.69, 9.17) is 0 Å². The Labute approximate surface area is 184 Å². The maximum absolute atomic E-state index is 11.2. The number of unbranched alkanes of at least 4 members (excludes halogenated alkanes) is 15. The van der Waals surface area contributed by atoms with Crippen molar-refractivity contribution in [1.82, 2.24) is 0 Å². The Morgan fingerprint density at radius 1 is 0.867 bits per heavy atom. The van der Waals surface area contributed by atoms with Gasteiger partial charge >= 0.3 is 5.97 Å². The smallest absolute Gasteiger partial charge is 0.360 e. The highest BCUT2D eigenvalue weighted by Crippen LogP contribution is 2.24. The molecule has 1 aliphatic rings. The SMILES string of the molecule is CCCCCCCCCCCCCCCCCCC1=NC=C[N+]1(CC(=O)O)C(C)O. The lowest BCUT2D eigenvalue weighted by molar-refractivity contribution is -0.832. The van der Waals surface area contributed by atoms with Crippen LogP contribution in [0.5, 0.6) is 0 Å². The second-order valence-electron chi connectivity index (χ2n) is 9.01. The topological polar surface area (TPSA) is 69.9 Å². The van der Waals surface area contributed by atoms with E-state index in [1.54, 1.807) is 19.3 Å². The number of aliphatic imine (C=N–C) groups is 1. The molecule has 0 amide bonds. The van der Waals surface area contributed by atoms with Gasteiger partial charge in [-0.15, -0.1) is 0 Å². The van der Waals surface area contributed by atoms with Gasteiger partial charge in [0.2, 0.25) is 5.84 Å². The molecule has 1 rings (SSSR count). The van der Waals surface area contributed by atoms with Crippen molar-refractivity contribution in [2.75, 3.05) is 6.54 Å². The Hall–Kier alpha value is -1.20. The van der Waals surface area contributed by atoms with Crippen molar-refractivity contribution in [3.05, 3.63) is 12.4 Å². The third-order valence-corrected chi connectivity index (χ3v) is 6.35. The van der Waals surface area contributed by atoms with Crippen molar-refractivity contribution >= 4 is 11.8 Å². The zero-order valence-electron chi connectivity index (χ0n) is 19.7. The molecule has 5 nitrogen and oxygen atoms in total. The molecule has 1 heterocycles. The van der Waals surface area contributed by atoms with Gasteiger partial charge in [0.1, 0.15) is 6.20 Å². The highest BCUT2D eigenvalue weighted by molar-refractivity contribution is 5.81. The molecule has 0 aromatic heterocycles. The third-order valence-electron chi connectivity index (χ3n) is 6.35. The molecular formula is C25H47N2O3+. The van der Waals surface area contributed by atoms with Gasteiger partial charge in [0.15, 0.2) is 12.8 Å². The van der Waals surface area contributed by atoms with Gasteiger partial charge in [0.25, 0.3) is 0 Å². The van der Waals surface area contributed by atoms with Gasteiger partial charge in [-0.1, -0.05) is 103 Å². The Bertz CT molecular complexity index is 517. The number of carbonyl (C=O) groups is 1. The van der Waals surface area contributed by atoms with E-state index in [0.717, 1.165) is 25.1 Å². The first-order valence-electron chi connectivity index (χ1n) is 12.5. The van der Waals surface area contributed by atoms with E-state index in [-0.39, 0.29) is 11.0 Å². The Morgan fingerprint density at radius 3 is 1.70 bits per heavy atom. The van der Waals surface area contributed by atoms with Crippen LogP contribution >= 0.6 is 0 Å². The van der Waals surface area contributed by atoms with E-state index in [1.165, 1.54) is 89.9 Å². The summed E-state index contributed by atoms with van der Waals surface area (Å²) in [7, 11) is 0. The summed E-state index contributed by atoms with van der Waals surface area (Å²) in [5.41, 5.74) is 0. The van der Waals surface area contributed by atoms with E-state index in [0.29, 0.717) is 0 Å². The van der Waals surface area contributed by atoms with Crippen molar-refractivity contribution in [1.29, 1.82) is 0 Å². The van der Waals surface area contributed by atoms with Gasteiger partial charge in [0.05, 0.1) is 6.20 Å². The molecule has 174 valence electrons. The van der Waals surface area contributed by atoms with Crippen LogP contribution in [0, 0.1) is 0 Å². The van der Waals surface area contributed by atoms with Crippen LogP contribution < -0.4 is 0 Å². The Kier molecular flexibility index (Phi) is 14.7. The number of nitrogens with zero attached hydrogens (tertiary/aromatic N) is 2. The summed E-state index contributed by atoms with van der Waals surface area (Å²) in [6, 6.07) is 0. The largest absolute Gasteiger partial charge is 0.477 e. The van der Waals surface area contributed by atoms with Gasteiger partial charge in [-0.05, 0) is 6.42 Å². The van der Waals surface area contributed by atoms with Crippen molar-refractivity contribution in [3.8, 4) is 0 Å². The lowest BCUT2D eigenvalue weighted by Crippen LogP contribution is -2.55. The Balaban J connectivity index is 1.97. The number of hydrogen-bond donors (Lipinski definition) is 2. The lowest BCUT2D eigenvalue weighted by atomic mass is 10.0. The maximum Gasteiger partial charge on any atom is 0.360 e. The van der Waals surface area contributed by atoms with Crippen molar-refractivity contribution in [2.24, 2.45) is 4.99 Å². The number of amidine groups is 1. The van der Waals surface area contributed by atoms with Crippen LogP contribution in [-0.4, -0.2) is 39.3 Å². The first-order chi connectivity index (χ1) is 14.5. The number of aliphatic carboxylic acids is 1. The molecule has 2 N–H and O–H groups in total. The lowest BCUT2D eigenvalue weighted by Gasteiger charge is -2.33. The average Bonchev–Trinajstić information content (AvgIpc) is 3.10. The van der Waals surface area contributed by atoms with E-state index in [2.05, 4.69) is 11.9 Å². The van der Waals surface area contributed by atoms with Crippen LogP contribution in [0.2, 0.25) is 0 Å². The third kappa shape index (κ3) is 10.7. The average molecular weight is 424 g/mol. The molecule has 0 saturated heterocycles. The molecule has 1 aliphatic heterocycles. The number of hydrogen-bond acceptors (Lipinski definition) is 3. The van der Waals surface area contributed by atoms with Crippen LogP contribution in [0.15, 0.2) is 17.4 Å². The summed E-state index contributed by atoms with van der Waals surface area (Å²) in [5.74, 6) is -0.139. The Morgan fingerprint density at radius 2 is 1.30 bits per heavy atom. The quantitative estimate of drug-likeness (QED) is 0.168. The number of carboxylic acid groups (broad SMARTS) is 1. The number of carboxylic acids is 1. The zero-order chi connectivity index (χ0) is 22.1. The van der Waals surface area contributed by atoms with Gasteiger partial charge < -0.3 is 10.2 Å². The summed E-state index contributed by atoms with van der Waals surface area (Å²) in [6.07, 6.45) is 24.7. The monoisotopic (exact) mass is 423 g/mol. The molecule has 0 radical (unpaired) electrons. The molecule has 0 aliphatic carbocycles. The molecule has 30 heavy (non-hydrogen) atoms. The summed E-state index contributed by atoms with van der Waals surface area (Å²) in [5, 5.41) is 19.3. The van der Waals surface area contributed by atoms with Crippen LogP contribution in [-0.2, 0) is 4.79 Å². The summed E-state index contributed by atoms with van der Waals surface area (Å²) >= 11 is 0. The first kappa shape index (κ1) is 26.8. The van der Waals surface area contributed by atoms with Crippen LogP contribution in [0.4, 0.5) is 0 Å².